The predicted molar refractivity (Wildman–Crippen MR) is 129 cm³/mol. The van der Waals surface area contributed by atoms with Crippen molar-refractivity contribution in [3.8, 4) is 17.4 Å². The maximum absolute atomic E-state index is 12.7. The fourth-order valence-electron chi connectivity index (χ4n) is 3.85. The van der Waals surface area contributed by atoms with Crippen molar-refractivity contribution in [1.82, 2.24) is 14.9 Å². The molecular formula is C26H25F3N4O3. The molecule has 2 aromatic heterocycles. The first kappa shape index (κ1) is 25.0. The largest absolute Gasteiger partial charge is 0.481 e. The molecule has 2 amide bonds. The molecule has 1 atom stereocenters. The van der Waals surface area contributed by atoms with Crippen LogP contribution in [-0.2, 0) is 6.18 Å². The summed E-state index contributed by atoms with van der Waals surface area (Å²) in [6.45, 7) is 3.20. The number of ether oxygens (including phenoxy) is 2. The molecule has 0 saturated carbocycles. The molecule has 36 heavy (non-hydrogen) atoms. The highest BCUT2D eigenvalue weighted by Gasteiger charge is 2.32. The molecule has 0 spiro atoms. The number of benzene rings is 1. The van der Waals surface area contributed by atoms with Crippen LogP contribution in [-0.4, -0.2) is 41.1 Å². The molecule has 1 N–H and O–H groups in total. The van der Waals surface area contributed by atoms with Crippen LogP contribution in [0.4, 0.5) is 23.7 Å². The molecule has 4 rings (SSSR count). The number of piperidine rings is 1. The Kier molecular flexibility index (Phi) is 7.42. The van der Waals surface area contributed by atoms with Gasteiger partial charge in [0.15, 0.2) is 0 Å². The Morgan fingerprint density at radius 2 is 1.94 bits per heavy atom. The summed E-state index contributed by atoms with van der Waals surface area (Å²) in [6.07, 6.45) is 0.878. The topological polar surface area (TPSA) is 76.6 Å². The van der Waals surface area contributed by atoms with Crippen molar-refractivity contribution in [3.05, 3.63) is 77.8 Å². The number of likely N-dealkylation sites (tertiary alicyclic amines) is 1. The van der Waals surface area contributed by atoms with Crippen molar-refractivity contribution >= 4 is 17.8 Å². The van der Waals surface area contributed by atoms with E-state index < -0.39 is 11.9 Å². The van der Waals surface area contributed by atoms with E-state index in [0.717, 1.165) is 17.8 Å². The average Bonchev–Trinajstić information content (AvgIpc) is 2.86. The van der Waals surface area contributed by atoms with Gasteiger partial charge >= 0.3 is 12.2 Å². The number of nitrogens with zero attached hydrogens (tertiary/aromatic N) is 3. The third-order valence-electron chi connectivity index (χ3n) is 5.75. The Labute approximate surface area is 206 Å². The van der Waals surface area contributed by atoms with Gasteiger partial charge in [-0.15, -0.1) is 0 Å². The number of anilines is 1. The molecule has 1 aromatic carbocycles. The number of halogens is 3. The van der Waals surface area contributed by atoms with Gasteiger partial charge in [-0.05, 0) is 48.2 Å². The van der Waals surface area contributed by atoms with E-state index in [1.54, 1.807) is 29.3 Å². The number of alkyl halides is 3. The van der Waals surface area contributed by atoms with E-state index in [1.807, 2.05) is 18.2 Å². The van der Waals surface area contributed by atoms with Crippen LogP contribution in [0.15, 0.2) is 66.5 Å². The van der Waals surface area contributed by atoms with Crippen molar-refractivity contribution in [2.45, 2.75) is 19.5 Å². The fourth-order valence-corrected chi connectivity index (χ4v) is 3.85. The minimum Gasteiger partial charge on any atom is -0.481 e. The minimum atomic E-state index is -4.50. The van der Waals surface area contributed by atoms with E-state index in [9.17, 15) is 18.0 Å². The molecule has 1 aliphatic heterocycles. The van der Waals surface area contributed by atoms with E-state index in [0.29, 0.717) is 36.8 Å². The van der Waals surface area contributed by atoms with Crippen LogP contribution in [0.5, 0.6) is 17.4 Å². The minimum absolute atomic E-state index is 0.141. The SMILES string of the molecule is COc1ccc(NC(=O)N2CC/C(=C\c3cccc(Oc4ccc(C(F)(F)F)nc4)c3)C(C)C2)cn1. The lowest BCUT2D eigenvalue weighted by Crippen LogP contribution is -2.42. The summed E-state index contributed by atoms with van der Waals surface area (Å²) in [5, 5.41) is 2.86. The van der Waals surface area contributed by atoms with Crippen LogP contribution in [0.25, 0.3) is 6.08 Å². The van der Waals surface area contributed by atoms with Crippen molar-refractivity contribution in [2.24, 2.45) is 5.92 Å². The van der Waals surface area contributed by atoms with E-state index in [-0.39, 0.29) is 17.7 Å². The summed E-state index contributed by atoms with van der Waals surface area (Å²) in [6, 6.07) is 12.6. The van der Waals surface area contributed by atoms with Gasteiger partial charge in [-0.25, -0.2) is 14.8 Å². The molecule has 188 valence electrons. The highest BCUT2D eigenvalue weighted by Crippen LogP contribution is 2.30. The lowest BCUT2D eigenvalue weighted by Gasteiger charge is -2.33. The first-order chi connectivity index (χ1) is 17.2. The molecule has 0 aliphatic carbocycles. The van der Waals surface area contributed by atoms with E-state index in [1.165, 1.54) is 18.7 Å². The van der Waals surface area contributed by atoms with Crippen LogP contribution in [0, 0.1) is 5.92 Å². The second-order valence-corrected chi connectivity index (χ2v) is 8.39. The first-order valence-electron chi connectivity index (χ1n) is 11.3. The lowest BCUT2D eigenvalue weighted by molar-refractivity contribution is -0.141. The lowest BCUT2D eigenvalue weighted by atomic mass is 9.91. The third kappa shape index (κ3) is 6.32. The molecule has 3 heterocycles. The number of pyridine rings is 2. The van der Waals surface area contributed by atoms with Gasteiger partial charge < -0.3 is 19.7 Å². The van der Waals surface area contributed by atoms with E-state index in [2.05, 4.69) is 28.3 Å². The summed E-state index contributed by atoms with van der Waals surface area (Å²) in [5.41, 5.74) is 1.72. The summed E-state index contributed by atoms with van der Waals surface area (Å²) in [7, 11) is 1.53. The van der Waals surface area contributed by atoms with Gasteiger partial charge in [0, 0.05) is 19.2 Å². The molecule has 1 saturated heterocycles. The Morgan fingerprint density at radius 1 is 1.11 bits per heavy atom. The second kappa shape index (κ2) is 10.7. The second-order valence-electron chi connectivity index (χ2n) is 8.39. The van der Waals surface area contributed by atoms with Gasteiger partial charge in [0.05, 0.1) is 25.2 Å². The van der Waals surface area contributed by atoms with Crippen molar-refractivity contribution < 1.29 is 27.4 Å². The zero-order chi connectivity index (χ0) is 25.7. The van der Waals surface area contributed by atoms with Gasteiger partial charge in [0.1, 0.15) is 17.2 Å². The monoisotopic (exact) mass is 498 g/mol. The molecule has 0 radical (unpaired) electrons. The van der Waals surface area contributed by atoms with Crippen molar-refractivity contribution in [1.29, 1.82) is 0 Å². The number of amides is 2. The normalized spacial score (nSPS) is 17.1. The highest BCUT2D eigenvalue weighted by molar-refractivity contribution is 5.89. The fraction of sp³-hybridized carbons (Fsp3) is 0.269. The van der Waals surface area contributed by atoms with E-state index in [4.69, 9.17) is 9.47 Å². The van der Waals surface area contributed by atoms with Crippen LogP contribution in [0.2, 0.25) is 0 Å². The number of hydrogen-bond donors (Lipinski definition) is 1. The number of aromatic nitrogens is 2. The number of urea groups is 1. The number of methoxy groups -OCH3 is 1. The predicted octanol–water partition coefficient (Wildman–Crippen LogP) is 6.25. The molecule has 1 aliphatic rings. The maximum atomic E-state index is 12.7. The van der Waals surface area contributed by atoms with Gasteiger partial charge in [-0.1, -0.05) is 30.7 Å². The molecule has 0 bridgehead atoms. The molecule has 10 heteroatoms. The number of carbonyl (C=O) groups excluding carboxylic acids is 1. The zero-order valence-electron chi connectivity index (χ0n) is 19.7. The Hall–Kier alpha value is -4.08. The zero-order valence-corrected chi connectivity index (χ0v) is 19.7. The van der Waals surface area contributed by atoms with Crippen molar-refractivity contribution in [2.75, 3.05) is 25.5 Å². The Morgan fingerprint density at radius 3 is 2.58 bits per heavy atom. The van der Waals surface area contributed by atoms with E-state index >= 15 is 0 Å². The number of hydrogen-bond acceptors (Lipinski definition) is 5. The quantitative estimate of drug-likeness (QED) is 0.450. The maximum Gasteiger partial charge on any atom is 0.433 e. The van der Waals surface area contributed by atoms with Gasteiger partial charge in [0.2, 0.25) is 5.88 Å². The third-order valence-corrected chi connectivity index (χ3v) is 5.75. The average molecular weight is 499 g/mol. The van der Waals surface area contributed by atoms with Crippen LogP contribution < -0.4 is 14.8 Å². The molecular weight excluding hydrogens is 473 g/mol. The van der Waals surface area contributed by atoms with Gasteiger partial charge in [-0.2, -0.15) is 13.2 Å². The molecule has 1 unspecified atom stereocenters. The summed E-state index contributed by atoms with van der Waals surface area (Å²) in [4.78, 5) is 22.0. The summed E-state index contributed by atoms with van der Waals surface area (Å²) >= 11 is 0. The molecule has 7 nitrogen and oxygen atoms in total. The Balaban J connectivity index is 1.37. The first-order valence-corrected chi connectivity index (χ1v) is 11.3. The van der Waals surface area contributed by atoms with Gasteiger partial charge in [0.25, 0.3) is 0 Å². The highest BCUT2D eigenvalue weighted by atomic mass is 19.4. The summed E-state index contributed by atoms with van der Waals surface area (Å²) < 4.78 is 48.8. The summed E-state index contributed by atoms with van der Waals surface area (Å²) in [5.74, 6) is 1.32. The van der Waals surface area contributed by atoms with Crippen LogP contribution in [0.3, 0.4) is 0 Å². The van der Waals surface area contributed by atoms with Crippen LogP contribution in [0.1, 0.15) is 24.6 Å². The molecule has 3 aromatic rings. The van der Waals surface area contributed by atoms with Crippen molar-refractivity contribution in [3.63, 3.8) is 0 Å². The molecule has 1 fully saturated rings. The number of nitrogens with one attached hydrogen (secondary N) is 1. The number of rotatable bonds is 5. The van der Waals surface area contributed by atoms with Gasteiger partial charge in [-0.3, -0.25) is 0 Å². The van der Waals surface area contributed by atoms with Crippen LogP contribution >= 0.6 is 0 Å². The Bertz CT molecular complexity index is 1230. The standard InChI is InChI=1S/C26H25F3N4O3/c1-17-16-33(25(34)32-20-6-9-24(35-2)31-14-20)11-10-19(17)12-18-4-3-5-21(13-18)36-22-7-8-23(30-15-22)26(27,28)29/h3-9,12-15,17H,10-11,16H2,1-2H3,(H,32,34)/b19-12+. The smallest absolute Gasteiger partial charge is 0.433 e. The number of carbonyl (C=O) groups is 1.